The van der Waals surface area contributed by atoms with Gasteiger partial charge >= 0.3 is 0 Å². The minimum absolute atomic E-state index is 0.718. The number of benzene rings is 2. The summed E-state index contributed by atoms with van der Waals surface area (Å²) in [4.78, 5) is 0. The molecule has 2 heteroatoms. The minimum Gasteiger partial charge on any atom is -0.399 e. The maximum absolute atomic E-state index is 5.62. The summed E-state index contributed by atoms with van der Waals surface area (Å²) in [6.07, 6.45) is 0. The number of nitrogen functional groups attached to an aromatic ring is 1. The van der Waals surface area contributed by atoms with Crippen LogP contribution in [-0.4, -0.2) is 0 Å². The first kappa shape index (κ1) is 9.23. The smallest absolute Gasteiger partial charge is 0.0314 e. The molecule has 0 amide bonds. The van der Waals surface area contributed by atoms with Crippen molar-refractivity contribution in [2.45, 2.75) is 0 Å². The van der Waals surface area contributed by atoms with Crippen molar-refractivity contribution >= 4 is 24.9 Å². The van der Waals surface area contributed by atoms with Gasteiger partial charge in [0.05, 0.1) is 0 Å². The topological polar surface area (TPSA) is 26.0 Å². The fourth-order valence-corrected chi connectivity index (χ4v) is 2.28. The molecule has 0 aliphatic rings. The highest BCUT2D eigenvalue weighted by Crippen LogP contribution is 2.11. The van der Waals surface area contributed by atoms with Gasteiger partial charge in [0.15, 0.2) is 0 Å². The third-order valence-electron chi connectivity index (χ3n) is 1.97. The van der Waals surface area contributed by atoms with Gasteiger partial charge in [-0.25, -0.2) is 0 Å². The van der Waals surface area contributed by atoms with Crippen LogP contribution in [0.2, 0.25) is 0 Å². The van der Waals surface area contributed by atoms with Crippen LogP contribution in [0.3, 0.4) is 0 Å². The molecule has 2 N–H and O–H groups in total. The lowest BCUT2D eigenvalue weighted by molar-refractivity contribution is 1.73. The van der Waals surface area contributed by atoms with Crippen molar-refractivity contribution in [3.63, 3.8) is 0 Å². The molecule has 0 fully saturated rings. The van der Waals surface area contributed by atoms with E-state index in [1.807, 2.05) is 18.2 Å². The van der Waals surface area contributed by atoms with E-state index in [1.165, 1.54) is 10.6 Å². The van der Waals surface area contributed by atoms with Gasteiger partial charge in [0.25, 0.3) is 0 Å². The summed E-state index contributed by atoms with van der Waals surface area (Å²) >= 11 is 0. The average Bonchev–Trinajstić information content (AvgIpc) is 2.23. The van der Waals surface area contributed by atoms with E-state index in [0.717, 1.165) is 14.3 Å². The standard InChI is InChI=1S/C12H12NP/c13-10-6-8-12(9-7-10)14-11-4-2-1-3-5-11/h1-9,14H,13H2. The van der Waals surface area contributed by atoms with Crippen LogP contribution in [0.1, 0.15) is 0 Å². The largest absolute Gasteiger partial charge is 0.399 e. The molecule has 2 aromatic carbocycles. The lowest BCUT2D eigenvalue weighted by Gasteiger charge is -2.01. The summed E-state index contributed by atoms with van der Waals surface area (Å²) in [6, 6.07) is 18.5. The van der Waals surface area contributed by atoms with Crippen molar-refractivity contribution in [3.8, 4) is 0 Å². The highest BCUT2D eigenvalue weighted by molar-refractivity contribution is 7.55. The monoisotopic (exact) mass is 201 g/mol. The van der Waals surface area contributed by atoms with Crippen molar-refractivity contribution in [1.29, 1.82) is 0 Å². The highest BCUT2D eigenvalue weighted by atomic mass is 31.1. The summed E-state index contributed by atoms with van der Waals surface area (Å²) in [5.41, 5.74) is 6.45. The van der Waals surface area contributed by atoms with Crippen LogP contribution < -0.4 is 16.3 Å². The van der Waals surface area contributed by atoms with E-state index in [-0.39, 0.29) is 0 Å². The highest BCUT2D eigenvalue weighted by Gasteiger charge is 1.94. The molecule has 0 bridgehead atoms. The van der Waals surface area contributed by atoms with Crippen LogP contribution >= 0.6 is 8.58 Å². The molecule has 2 aromatic rings. The van der Waals surface area contributed by atoms with Crippen molar-refractivity contribution < 1.29 is 0 Å². The Labute approximate surface area is 85.7 Å². The lowest BCUT2D eigenvalue weighted by Crippen LogP contribution is -2.02. The van der Waals surface area contributed by atoms with Gasteiger partial charge in [-0.05, 0) is 22.7 Å². The fraction of sp³-hybridized carbons (Fsp3) is 0. The summed E-state index contributed by atoms with van der Waals surface area (Å²) in [5, 5.41) is 2.68. The predicted molar refractivity (Wildman–Crippen MR) is 64.9 cm³/mol. The predicted octanol–water partition coefficient (Wildman–Crippen LogP) is 1.90. The van der Waals surface area contributed by atoms with Crippen LogP contribution in [0, 0.1) is 0 Å². The Balaban J connectivity index is 2.16. The van der Waals surface area contributed by atoms with Gasteiger partial charge in [-0.3, -0.25) is 0 Å². The molecule has 0 spiro atoms. The lowest BCUT2D eigenvalue weighted by atomic mass is 10.3. The second-order valence-electron chi connectivity index (χ2n) is 3.11. The van der Waals surface area contributed by atoms with Gasteiger partial charge in [0.1, 0.15) is 0 Å². The third-order valence-corrected chi connectivity index (χ3v) is 3.22. The maximum Gasteiger partial charge on any atom is 0.0314 e. The molecule has 0 radical (unpaired) electrons. The Hall–Kier alpha value is -1.33. The Bertz CT molecular complexity index is 394. The van der Waals surface area contributed by atoms with Crippen molar-refractivity contribution in [1.82, 2.24) is 0 Å². The van der Waals surface area contributed by atoms with Gasteiger partial charge in [-0.2, -0.15) is 0 Å². The maximum atomic E-state index is 5.62. The molecule has 1 unspecified atom stereocenters. The van der Waals surface area contributed by atoms with Gasteiger partial charge < -0.3 is 5.73 Å². The number of hydrogen-bond donors (Lipinski definition) is 1. The van der Waals surface area contributed by atoms with Crippen LogP contribution in [0.25, 0.3) is 0 Å². The number of anilines is 1. The zero-order valence-electron chi connectivity index (χ0n) is 7.77. The molecular weight excluding hydrogens is 189 g/mol. The third kappa shape index (κ3) is 2.34. The van der Waals surface area contributed by atoms with Gasteiger partial charge in [-0.15, -0.1) is 0 Å². The first-order valence-electron chi connectivity index (χ1n) is 4.52. The quantitative estimate of drug-likeness (QED) is 0.582. The molecule has 0 aliphatic carbocycles. The van der Waals surface area contributed by atoms with Crippen LogP contribution in [0.4, 0.5) is 5.69 Å². The zero-order valence-corrected chi connectivity index (χ0v) is 8.77. The molecule has 1 nitrogen and oxygen atoms in total. The molecule has 70 valence electrons. The summed E-state index contributed by atoms with van der Waals surface area (Å²) in [6.45, 7) is 0. The minimum atomic E-state index is 0.718. The normalized spacial score (nSPS) is 10.9. The molecule has 0 heterocycles. The molecule has 2 rings (SSSR count). The van der Waals surface area contributed by atoms with E-state index in [2.05, 4.69) is 36.4 Å². The van der Waals surface area contributed by atoms with E-state index < -0.39 is 0 Å². The number of nitrogens with two attached hydrogens (primary N) is 1. The van der Waals surface area contributed by atoms with E-state index in [4.69, 9.17) is 5.73 Å². The molecule has 14 heavy (non-hydrogen) atoms. The van der Waals surface area contributed by atoms with Crippen molar-refractivity contribution in [3.05, 3.63) is 54.6 Å². The first-order valence-corrected chi connectivity index (χ1v) is 5.52. The van der Waals surface area contributed by atoms with Gasteiger partial charge in [0, 0.05) is 5.69 Å². The summed E-state index contributed by atoms with van der Waals surface area (Å²) < 4.78 is 0. The zero-order chi connectivity index (χ0) is 9.80. The Morgan fingerprint density at radius 3 is 1.93 bits per heavy atom. The molecule has 0 saturated carbocycles. The Kier molecular flexibility index (Phi) is 2.81. The second-order valence-corrected chi connectivity index (χ2v) is 4.52. The SMILES string of the molecule is Nc1ccc(Pc2ccccc2)cc1. The molecule has 0 aromatic heterocycles. The summed E-state index contributed by atoms with van der Waals surface area (Å²) in [5.74, 6) is 0. The molecule has 0 saturated heterocycles. The summed E-state index contributed by atoms with van der Waals surface area (Å²) in [7, 11) is 0.718. The Morgan fingerprint density at radius 1 is 0.714 bits per heavy atom. The number of rotatable bonds is 2. The van der Waals surface area contributed by atoms with Crippen LogP contribution in [0.15, 0.2) is 54.6 Å². The van der Waals surface area contributed by atoms with Crippen LogP contribution in [-0.2, 0) is 0 Å². The van der Waals surface area contributed by atoms with Crippen LogP contribution in [0.5, 0.6) is 0 Å². The van der Waals surface area contributed by atoms with E-state index in [9.17, 15) is 0 Å². The van der Waals surface area contributed by atoms with E-state index >= 15 is 0 Å². The van der Waals surface area contributed by atoms with Crippen molar-refractivity contribution in [2.75, 3.05) is 5.73 Å². The molecule has 0 aliphatic heterocycles. The number of hydrogen-bond acceptors (Lipinski definition) is 1. The van der Waals surface area contributed by atoms with Gasteiger partial charge in [-0.1, -0.05) is 51.0 Å². The average molecular weight is 201 g/mol. The fourth-order valence-electron chi connectivity index (χ4n) is 1.25. The first-order chi connectivity index (χ1) is 6.84. The van der Waals surface area contributed by atoms with Crippen molar-refractivity contribution in [2.24, 2.45) is 0 Å². The van der Waals surface area contributed by atoms with E-state index in [1.54, 1.807) is 0 Å². The molecular formula is C12H12NP. The Morgan fingerprint density at radius 2 is 1.29 bits per heavy atom. The second kappa shape index (κ2) is 4.26. The molecule has 1 atom stereocenters. The van der Waals surface area contributed by atoms with Gasteiger partial charge in [0.2, 0.25) is 0 Å². The van der Waals surface area contributed by atoms with E-state index in [0.29, 0.717) is 0 Å².